The van der Waals surface area contributed by atoms with Gasteiger partial charge in [-0.1, -0.05) is 0 Å². The first-order valence-corrected chi connectivity index (χ1v) is 8.65. The van der Waals surface area contributed by atoms with Gasteiger partial charge in [-0.3, -0.25) is 0 Å². The molecule has 0 aliphatic carbocycles. The predicted octanol–water partition coefficient (Wildman–Crippen LogP) is 7.25. The van der Waals surface area contributed by atoms with Crippen molar-refractivity contribution in [1.82, 2.24) is 0 Å². The van der Waals surface area contributed by atoms with Gasteiger partial charge in [0.05, 0.1) is 5.56 Å². The van der Waals surface area contributed by atoms with E-state index in [1.54, 1.807) is 0 Å². The number of hydrogen-bond acceptors (Lipinski definition) is 2. The van der Waals surface area contributed by atoms with E-state index < -0.39 is 63.9 Å². The van der Waals surface area contributed by atoms with E-state index in [0.717, 1.165) is 12.1 Å². The Kier molecular flexibility index (Phi) is 6.03. The molecule has 0 unspecified atom stereocenters. The Morgan fingerprint density at radius 2 is 1.06 bits per heavy atom. The molecule has 3 aromatic carbocycles. The minimum Gasteiger partial charge on any atom is -0.429 e. The maximum Gasteiger partial charge on any atom is 0.573 e. The molecule has 3 rings (SSSR count). The van der Waals surface area contributed by atoms with E-state index >= 15 is 0 Å². The lowest BCUT2D eigenvalue weighted by Crippen LogP contribution is -2.25. The molecule has 0 saturated heterocycles. The molecule has 2 nitrogen and oxygen atoms in total. The van der Waals surface area contributed by atoms with Crippen LogP contribution in [-0.4, -0.2) is 6.36 Å². The quantitative estimate of drug-likeness (QED) is 0.369. The summed E-state index contributed by atoms with van der Waals surface area (Å²) in [4.78, 5) is 0. The zero-order chi connectivity index (χ0) is 23.8. The molecule has 0 radical (unpaired) electrons. The second kappa shape index (κ2) is 8.29. The summed E-state index contributed by atoms with van der Waals surface area (Å²) < 4.78 is 130. The van der Waals surface area contributed by atoms with Gasteiger partial charge in [0.25, 0.3) is 0 Å². The fourth-order valence-corrected chi connectivity index (χ4v) is 2.88. The van der Waals surface area contributed by atoms with Gasteiger partial charge in [-0.25, -0.2) is 17.6 Å². The van der Waals surface area contributed by atoms with E-state index in [0.29, 0.717) is 36.4 Å². The number of benzene rings is 3. The number of aryl methyl sites for hydroxylation is 1. The smallest absolute Gasteiger partial charge is 0.429 e. The van der Waals surface area contributed by atoms with Gasteiger partial charge >= 0.3 is 12.5 Å². The molecule has 0 fully saturated rings. The minimum atomic E-state index is -5.02. The maximum atomic E-state index is 14.4. The molecule has 0 amide bonds. The van der Waals surface area contributed by atoms with Crippen LogP contribution in [0.25, 0.3) is 11.1 Å². The molecule has 0 spiro atoms. The average Bonchev–Trinajstić information content (AvgIpc) is 2.60. The van der Waals surface area contributed by atoms with E-state index in [1.165, 1.54) is 6.92 Å². The molecule has 0 saturated carbocycles. The normalized spacial score (nSPS) is 12.1. The summed E-state index contributed by atoms with van der Waals surface area (Å²) in [5, 5.41) is 0. The van der Waals surface area contributed by atoms with Gasteiger partial charge in [0, 0.05) is 0 Å². The van der Waals surface area contributed by atoms with Crippen LogP contribution >= 0.6 is 0 Å². The first-order chi connectivity index (χ1) is 14.8. The number of alkyl halides is 5. The van der Waals surface area contributed by atoms with E-state index in [4.69, 9.17) is 0 Å². The highest BCUT2D eigenvalue weighted by molar-refractivity contribution is 5.66. The minimum absolute atomic E-state index is 0.188. The summed E-state index contributed by atoms with van der Waals surface area (Å²) in [6.45, 7) is 1.37. The van der Waals surface area contributed by atoms with Crippen LogP contribution in [0.3, 0.4) is 0 Å². The number of halogens is 9. The first-order valence-electron chi connectivity index (χ1n) is 8.65. The number of rotatable bonds is 5. The van der Waals surface area contributed by atoms with Gasteiger partial charge < -0.3 is 9.47 Å². The lowest BCUT2D eigenvalue weighted by Gasteiger charge is -2.20. The Labute approximate surface area is 174 Å². The van der Waals surface area contributed by atoms with Gasteiger partial charge in [0.2, 0.25) is 0 Å². The molecule has 3 aromatic rings. The van der Waals surface area contributed by atoms with Crippen molar-refractivity contribution in [2.75, 3.05) is 0 Å². The Morgan fingerprint density at radius 1 is 0.625 bits per heavy atom. The molecule has 0 aromatic heterocycles. The Hall–Kier alpha value is -3.37. The van der Waals surface area contributed by atoms with Crippen molar-refractivity contribution in [2.45, 2.75) is 19.4 Å². The Bertz CT molecular complexity index is 1090. The highest BCUT2D eigenvalue weighted by atomic mass is 19.4. The molecule has 0 atom stereocenters. The number of ether oxygens (including phenoxy) is 2. The topological polar surface area (TPSA) is 18.5 Å². The van der Waals surface area contributed by atoms with Crippen LogP contribution < -0.4 is 9.47 Å². The Balaban J connectivity index is 1.92. The molecule has 0 N–H and O–H groups in total. The summed E-state index contributed by atoms with van der Waals surface area (Å²) in [5.74, 6) is -7.50. The van der Waals surface area contributed by atoms with Crippen LogP contribution in [0.5, 0.6) is 11.5 Å². The van der Waals surface area contributed by atoms with Gasteiger partial charge in [-0.15, -0.1) is 13.2 Å². The van der Waals surface area contributed by atoms with Crippen LogP contribution in [0.4, 0.5) is 39.5 Å². The third-order valence-electron chi connectivity index (χ3n) is 4.11. The zero-order valence-electron chi connectivity index (χ0n) is 15.8. The molecular formula is C21H11F9O2. The summed E-state index contributed by atoms with van der Waals surface area (Å²) >= 11 is 0. The van der Waals surface area contributed by atoms with Gasteiger partial charge in [0.1, 0.15) is 40.3 Å². The van der Waals surface area contributed by atoms with Crippen molar-refractivity contribution in [3.8, 4) is 22.6 Å². The van der Waals surface area contributed by atoms with Crippen LogP contribution in [0.2, 0.25) is 0 Å². The summed E-state index contributed by atoms with van der Waals surface area (Å²) in [7, 11) is 0. The Morgan fingerprint density at radius 3 is 1.50 bits per heavy atom. The van der Waals surface area contributed by atoms with Crippen molar-refractivity contribution < 1.29 is 49.0 Å². The SMILES string of the molecule is Cc1cc(F)c(-c2cc(F)c(C(F)(F)Oc3ccc(OC(F)(F)F)cc3)c(F)c2)c(F)c1. The second-order valence-corrected chi connectivity index (χ2v) is 6.56. The van der Waals surface area contributed by atoms with Crippen molar-refractivity contribution in [3.05, 3.63) is 82.9 Å². The van der Waals surface area contributed by atoms with Gasteiger partial charge in [0.15, 0.2) is 0 Å². The van der Waals surface area contributed by atoms with Crippen LogP contribution in [0, 0.1) is 30.2 Å². The largest absolute Gasteiger partial charge is 0.573 e. The van der Waals surface area contributed by atoms with Crippen molar-refractivity contribution in [1.29, 1.82) is 0 Å². The van der Waals surface area contributed by atoms with E-state index in [9.17, 15) is 39.5 Å². The molecule has 32 heavy (non-hydrogen) atoms. The van der Waals surface area contributed by atoms with E-state index in [2.05, 4.69) is 9.47 Å². The summed E-state index contributed by atoms with van der Waals surface area (Å²) in [5.41, 5.74) is -3.15. The molecule has 0 heterocycles. The summed E-state index contributed by atoms with van der Waals surface area (Å²) in [6, 6.07) is 5.04. The van der Waals surface area contributed by atoms with E-state index in [-0.39, 0.29) is 5.56 Å². The molecular weight excluding hydrogens is 455 g/mol. The molecule has 11 heteroatoms. The first kappa shape index (κ1) is 23.3. The predicted molar refractivity (Wildman–Crippen MR) is 94.1 cm³/mol. The highest BCUT2D eigenvalue weighted by Gasteiger charge is 2.41. The van der Waals surface area contributed by atoms with Gasteiger partial charge in [-0.2, -0.15) is 8.78 Å². The number of hydrogen-bond donors (Lipinski definition) is 0. The standard InChI is InChI=1S/C21H11F9O2/c1-10-6-14(22)18(15(23)7-10)11-8-16(24)19(17(25)9-11)20(26,27)31-12-2-4-13(5-3-12)32-21(28,29)30/h2-9H,1H3. The van der Waals surface area contributed by atoms with Crippen molar-refractivity contribution in [3.63, 3.8) is 0 Å². The fourth-order valence-electron chi connectivity index (χ4n) is 2.88. The molecule has 0 aliphatic rings. The maximum absolute atomic E-state index is 14.4. The molecule has 170 valence electrons. The van der Waals surface area contributed by atoms with Crippen molar-refractivity contribution in [2.24, 2.45) is 0 Å². The van der Waals surface area contributed by atoms with Crippen LogP contribution in [0.1, 0.15) is 11.1 Å². The van der Waals surface area contributed by atoms with Crippen LogP contribution in [-0.2, 0) is 6.11 Å². The van der Waals surface area contributed by atoms with Crippen molar-refractivity contribution >= 4 is 0 Å². The lowest BCUT2D eigenvalue weighted by molar-refractivity contribution is -0.274. The lowest BCUT2D eigenvalue weighted by atomic mass is 10.00. The third kappa shape index (κ3) is 5.09. The zero-order valence-corrected chi connectivity index (χ0v) is 15.8. The highest BCUT2D eigenvalue weighted by Crippen LogP contribution is 2.38. The monoisotopic (exact) mass is 466 g/mol. The summed E-state index contributed by atoms with van der Waals surface area (Å²) in [6.07, 6.45) is -9.64. The van der Waals surface area contributed by atoms with E-state index in [1.807, 2.05) is 0 Å². The third-order valence-corrected chi connectivity index (χ3v) is 4.11. The van der Waals surface area contributed by atoms with Gasteiger partial charge in [-0.05, 0) is 66.6 Å². The second-order valence-electron chi connectivity index (χ2n) is 6.56. The fraction of sp³-hybridized carbons (Fsp3) is 0.143. The average molecular weight is 466 g/mol. The molecule has 0 aliphatic heterocycles. The van der Waals surface area contributed by atoms with Crippen LogP contribution in [0.15, 0.2) is 48.5 Å². The molecule has 0 bridgehead atoms.